The minimum atomic E-state index is 0.214. The maximum absolute atomic E-state index is 11.6. The fourth-order valence-corrected chi connectivity index (χ4v) is 3.26. The molecule has 0 saturated carbocycles. The molecular weight excluding hydrogens is 286 g/mol. The van der Waals surface area contributed by atoms with E-state index in [9.17, 15) is 4.79 Å². The van der Waals surface area contributed by atoms with E-state index in [0.717, 1.165) is 37.2 Å². The summed E-state index contributed by atoms with van der Waals surface area (Å²) in [6.07, 6.45) is 5.77. The Morgan fingerprint density at radius 1 is 1.22 bits per heavy atom. The first-order valence-corrected chi connectivity index (χ1v) is 8.93. The van der Waals surface area contributed by atoms with Crippen LogP contribution in [-0.2, 0) is 4.79 Å². The minimum Gasteiger partial charge on any atom is -0.373 e. The second-order valence-electron chi connectivity index (χ2n) is 6.58. The Labute approximate surface area is 141 Å². The molecule has 1 aromatic carbocycles. The van der Waals surface area contributed by atoms with E-state index in [1.807, 2.05) is 17.0 Å². The third-order valence-electron chi connectivity index (χ3n) is 4.92. The van der Waals surface area contributed by atoms with Crippen molar-refractivity contribution in [2.45, 2.75) is 45.6 Å². The number of hydrogen-bond donors (Lipinski definition) is 0. The third kappa shape index (κ3) is 4.71. The Hall–Kier alpha value is -1.55. The number of hydrogen-bond acceptors (Lipinski definition) is 3. The van der Waals surface area contributed by atoms with Gasteiger partial charge in [-0.25, -0.2) is 0 Å². The van der Waals surface area contributed by atoms with Crippen molar-refractivity contribution >= 4 is 17.8 Å². The van der Waals surface area contributed by atoms with Gasteiger partial charge in [-0.1, -0.05) is 19.1 Å². The van der Waals surface area contributed by atoms with Crippen LogP contribution in [0.25, 0.3) is 0 Å². The van der Waals surface area contributed by atoms with Gasteiger partial charge in [0.2, 0.25) is 6.41 Å². The van der Waals surface area contributed by atoms with Gasteiger partial charge in [-0.05, 0) is 64.4 Å². The van der Waals surface area contributed by atoms with E-state index in [2.05, 4.69) is 42.8 Å². The molecule has 1 saturated heterocycles. The normalized spacial score (nSPS) is 16.3. The summed E-state index contributed by atoms with van der Waals surface area (Å²) >= 11 is 0. The van der Waals surface area contributed by atoms with Gasteiger partial charge in [-0.3, -0.25) is 4.79 Å². The Morgan fingerprint density at radius 3 is 2.48 bits per heavy atom. The molecule has 0 N–H and O–H groups in total. The molecule has 4 nitrogen and oxygen atoms in total. The van der Waals surface area contributed by atoms with Crippen molar-refractivity contribution in [3.8, 4) is 0 Å². The number of nitrogens with zero attached hydrogens (tertiary/aromatic N) is 3. The van der Waals surface area contributed by atoms with Gasteiger partial charge in [0, 0.05) is 19.6 Å². The highest BCUT2D eigenvalue weighted by atomic mass is 16.1. The predicted molar refractivity (Wildman–Crippen MR) is 98.3 cm³/mol. The van der Waals surface area contributed by atoms with Gasteiger partial charge in [0.05, 0.1) is 11.4 Å². The SMILES string of the molecule is CCC(C)N(C=O)c1ccccc1N(C)CCCN1CCCC1. The van der Waals surface area contributed by atoms with E-state index in [1.54, 1.807) is 0 Å². The fraction of sp³-hybridized carbons (Fsp3) is 0.632. The largest absolute Gasteiger partial charge is 0.373 e. The zero-order valence-corrected chi connectivity index (χ0v) is 14.9. The lowest BCUT2D eigenvalue weighted by molar-refractivity contribution is -0.107. The summed E-state index contributed by atoms with van der Waals surface area (Å²) in [6.45, 7) is 8.92. The molecule has 1 fully saturated rings. The van der Waals surface area contributed by atoms with Crippen LogP contribution >= 0.6 is 0 Å². The van der Waals surface area contributed by atoms with Crippen LogP contribution < -0.4 is 9.80 Å². The minimum absolute atomic E-state index is 0.214. The monoisotopic (exact) mass is 317 g/mol. The van der Waals surface area contributed by atoms with Crippen LogP contribution in [0.2, 0.25) is 0 Å². The smallest absolute Gasteiger partial charge is 0.214 e. The molecule has 1 amide bonds. The topological polar surface area (TPSA) is 26.8 Å². The lowest BCUT2D eigenvalue weighted by Gasteiger charge is -2.30. The lowest BCUT2D eigenvalue weighted by atomic mass is 10.1. The fourth-order valence-electron chi connectivity index (χ4n) is 3.26. The maximum Gasteiger partial charge on any atom is 0.214 e. The van der Waals surface area contributed by atoms with Crippen molar-refractivity contribution < 1.29 is 4.79 Å². The summed E-state index contributed by atoms with van der Waals surface area (Å²) in [7, 11) is 2.13. The number of amides is 1. The Morgan fingerprint density at radius 2 is 1.87 bits per heavy atom. The Bertz CT molecular complexity index is 485. The molecule has 1 aliphatic heterocycles. The van der Waals surface area contributed by atoms with E-state index in [-0.39, 0.29) is 6.04 Å². The molecule has 1 atom stereocenters. The van der Waals surface area contributed by atoms with Crippen molar-refractivity contribution in [1.29, 1.82) is 0 Å². The molecular formula is C19H31N3O. The first-order chi connectivity index (χ1) is 11.2. The molecule has 1 heterocycles. The number of benzene rings is 1. The van der Waals surface area contributed by atoms with E-state index >= 15 is 0 Å². The lowest BCUT2D eigenvalue weighted by Crippen LogP contribution is -2.33. The number of rotatable bonds is 9. The number of para-hydroxylation sites is 2. The molecule has 1 unspecified atom stereocenters. The third-order valence-corrected chi connectivity index (χ3v) is 4.92. The van der Waals surface area contributed by atoms with Crippen LogP contribution in [0.4, 0.5) is 11.4 Å². The van der Waals surface area contributed by atoms with E-state index in [0.29, 0.717) is 0 Å². The van der Waals surface area contributed by atoms with Crippen molar-refractivity contribution in [3.05, 3.63) is 24.3 Å². The molecule has 23 heavy (non-hydrogen) atoms. The van der Waals surface area contributed by atoms with Crippen molar-refractivity contribution in [2.24, 2.45) is 0 Å². The highest BCUT2D eigenvalue weighted by molar-refractivity contribution is 5.84. The van der Waals surface area contributed by atoms with Gasteiger partial charge in [-0.2, -0.15) is 0 Å². The van der Waals surface area contributed by atoms with Gasteiger partial charge in [0.15, 0.2) is 0 Å². The molecule has 4 heteroatoms. The van der Waals surface area contributed by atoms with Gasteiger partial charge >= 0.3 is 0 Å². The van der Waals surface area contributed by atoms with Crippen LogP contribution in [0, 0.1) is 0 Å². The molecule has 0 radical (unpaired) electrons. The van der Waals surface area contributed by atoms with Crippen molar-refractivity contribution in [1.82, 2.24) is 4.90 Å². The quantitative estimate of drug-likeness (QED) is 0.653. The molecule has 1 aromatic rings. The standard InChI is InChI=1S/C19H31N3O/c1-4-17(2)22(16-23)19-11-6-5-10-18(19)20(3)12-9-15-21-13-7-8-14-21/h5-6,10-11,16-17H,4,7-9,12-15H2,1-3H3. The van der Waals surface area contributed by atoms with E-state index < -0.39 is 0 Å². The molecule has 0 aliphatic carbocycles. The Kier molecular flexibility index (Phi) is 6.90. The van der Waals surface area contributed by atoms with Gasteiger partial charge < -0.3 is 14.7 Å². The van der Waals surface area contributed by atoms with Crippen molar-refractivity contribution in [3.63, 3.8) is 0 Å². The second kappa shape index (κ2) is 8.92. The van der Waals surface area contributed by atoms with Crippen molar-refractivity contribution in [2.75, 3.05) is 43.0 Å². The molecule has 0 aromatic heterocycles. The average molecular weight is 317 g/mol. The summed E-state index contributed by atoms with van der Waals surface area (Å²) in [6, 6.07) is 8.44. The van der Waals surface area contributed by atoms with Crippen LogP contribution in [0.3, 0.4) is 0 Å². The van der Waals surface area contributed by atoms with Gasteiger partial charge in [0.1, 0.15) is 0 Å². The van der Waals surface area contributed by atoms with Crippen LogP contribution in [0.5, 0.6) is 0 Å². The second-order valence-corrected chi connectivity index (χ2v) is 6.58. The molecule has 2 rings (SSSR count). The molecule has 0 spiro atoms. The first-order valence-electron chi connectivity index (χ1n) is 8.93. The average Bonchev–Trinajstić information content (AvgIpc) is 3.09. The first kappa shape index (κ1) is 17.8. The zero-order valence-electron chi connectivity index (χ0n) is 14.9. The summed E-state index contributed by atoms with van der Waals surface area (Å²) < 4.78 is 0. The number of anilines is 2. The summed E-state index contributed by atoms with van der Waals surface area (Å²) in [5, 5.41) is 0. The summed E-state index contributed by atoms with van der Waals surface area (Å²) in [4.78, 5) is 18.3. The predicted octanol–water partition coefficient (Wildman–Crippen LogP) is 3.37. The van der Waals surface area contributed by atoms with Crippen LogP contribution in [-0.4, -0.2) is 50.6 Å². The van der Waals surface area contributed by atoms with Crippen LogP contribution in [0.15, 0.2) is 24.3 Å². The molecule has 0 bridgehead atoms. The number of carbonyl (C=O) groups is 1. The maximum atomic E-state index is 11.6. The van der Waals surface area contributed by atoms with Gasteiger partial charge in [0.25, 0.3) is 0 Å². The molecule has 128 valence electrons. The van der Waals surface area contributed by atoms with E-state index in [4.69, 9.17) is 0 Å². The van der Waals surface area contributed by atoms with Gasteiger partial charge in [-0.15, -0.1) is 0 Å². The summed E-state index contributed by atoms with van der Waals surface area (Å²) in [5.74, 6) is 0. The highest BCUT2D eigenvalue weighted by Crippen LogP contribution is 2.29. The van der Waals surface area contributed by atoms with E-state index in [1.165, 1.54) is 32.5 Å². The van der Waals surface area contributed by atoms with Crippen LogP contribution in [0.1, 0.15) is 39.5 Å². The summed E-state index contributed by atoms with van der Waals surface area (Å²) in [5.41, 5.74) is 2.15. The number of carbonyl (C=O) groups excluding carboxylic acids is 1. The Balaban J connectivity index is 2.01. The molecule has 1 aliphatic rings. The highest BCUT2D eigenvalue weighted by Gasteiger charge is 2.17. The number of likely N-dealkylation sites (tertiary alicyclic amines) is 1. The zero-order chi connectivity index (χ0) is 16.7.